The van der Waals surface area contributed by atoms with Crippen molar-refractivity contribution in [1.82, 2.24) is 4.48 Å². The molecule has 0 spiro atoms. The smallest absolute Gasteiger partial charge is 0.136 e. The van der Waals surface area contributed by atoms with Crippen LogP contribution in [0.15, 0.2) is 48.5 Å². The summed E-state index contributed by atoms with van der Waals surface area (Å²) in [6, 6.07) is 15.8. The molecule has 0 aromatic heterocycles. The van der Waals surface area contributed by atoms with Crippen molar-refractivity contribution in [2.75, 3.05) is 21.1 Å². The van der Waals surface area contributed by atoms with Gasteiger partial charge in [0.1, 0.15) is 11.4 Å². The fraction of sp³-hybridized carbons (Fsp3) is 0.200. The van der Waals surface area contributed by atoms with Gasteiger partial charge in [-0.05, 0) is 17.2 Å². The van der Waals surface area contributed by atoms with Crippen LogP contribution in [0, 0.1) is 0 Å². The van der Waals surface area contributed by atoms with Gasteiger partial charge in [-0.1, -0.05) is 30.3 Å². The van der Waals surface area contributed by atoms with Gasteiger partial charge < -0.3 is 5.11 Å². The number of hydrogen-bond acceptors (Lipinski definition) is 1. The van der Waals surface area contributed by atoms with Gasteiger partial charge in [0.15, 0.2) is 0 Å². The maximum Gasteiger partial charge on any atom is 0.136 e. The van der Waals surface area contributed by atoms with Gasteiger partial charge in [0.25, 0.3) is 0 Å². The molecule has 2 heteroatoms. The number of aromatic hydroxyl groups is 1. The van der Waals surface area contributed by atoms with Gasteiger partial charge in [0.05, 0.1) is 21.1 Å². The number of phenolic OH excluding ortho intramolecular Hbond substituents is 1. The quantitative estimate of drug-likeness (QED) is 0.782. The number of benzene rings is 2. The molecule has 88 valence electrons. The van der Waals surface area contributed by atoms with Crippen molar-refractivity contribution in [1.29, 1.82) is 0 Å². The standard InChI is InChI=1S/C15H17NO/c1-16(2,3)14-9-13(10-15(17)11-14)12-7-5-4-6-8-12/h4-11H,1-3H3/p+1. The monoisotopic (exact) mass is 228 g/mol. The molecule has 2 aromatic rings. The van der Waals surface area contributed by atoms with E-state index in [9.17, 15) is 5.11 Å². The lowest BCUT2D eigenvalue weighted by molar-refractivity contribution is 0.461. The summed E-state index contributed by atoms with van der Waals surface area (Å²) < 4.78 is 0.689. The second-order valence-electron chi connectivity index (χ2n) is 5.12. The topological polar surface area (TPSA) is 20.2 Å². The summed E-state index contributed by atoms with van der Waals surface area (Å²) >= 11 is 0. The molecule has 17 heavy (non-hydrogen) atoms. The van der Waals surface area contributed by atoms with E-state index in [1.54, 1.807) is 6.07 Å². The van der Waals surface area contributed by atoms with Crippen LogP contribution in [0.5, 0.6) is 5.75 Å². The third kappa shape index (κ3) is 2.66. The molecule has 0 aliphatic heterocycles. The summed E-state index contributed by atoms with van der Waals surface area (Å²) in [6.07, 6.45) is 0. The molecule has 0 amide bonds. The molecule has 0 aliphatic carbocycles. The summed E-state index contributed by atoms with van der Waals surface area (Å²) in [5, 5.41) is 9.81. The Bertz CT molecular complexity index is 512. The normalized spacial score (nSPS) is 11.5. The van der Waals surface area contributed by atoms with Crippen LogP contribution in [-0.2, 0) is 0 Å². The van der Waals surface area contributed by atoms with Gasteiger partial charge in [0, 0.05) is 12.1 Å². The molecule has 0 saturated carbocycles. The molecule has 0 fully saturated rings. The average molecular weight is 228 g/mol. The van der Waals surface area contributed by atoms with E-state index in [1.807, 2.05) is 36.4 Å². The van der Waals surface area contributed by atoms with Crippen LogP contribution in [0.2, 0.25) is 0 Å². The lowest BCUT2D eigenvalue weighted by Crippen LogP contribution is -2.34. The van der Waals surface area contributed by atoms with Crippen molar-refractivity contribution < 1.29 is 5.11 Å². The van der Waals surface area contributed by atoms with Gasteiger partial charge in [-0.15, -0.1) is 0 Å². The Kier molecular flexibility index (Phi) is 2.90. The maximum absolute atomic E-state index is 9.81. The number of quaternary nitrogens is 1. The maximum atomic E-state index is 9.81. The molecule has 0 heterocycles. The largest absolute Gasteiger partial charge is 0.508 e. The Morgan fingerprint density at radius 1 is 0.824 bits per heavy atom. The van der Waals surface area contributed by atoms with Gasteiger partial charge >= 0.3 is 0 Å². The van der Waals surface area contributed by atoms with E-state index < -0.39 is 0 Å². The zero-order valence-electron chi connectivity index (χ0n) is 10.5. The highest BCUT2D eigenvalue weighted by molar-refractivity contribution is 5.69. The molecule has 0 atom stereocenters. The predicted molar refractivity (Wildman–Crippen MR) is 73.1 cm³/mol. The fourth-order valence-corrected chi connectivity index (χ4v) is 1.78. The fourth-order valence-electron chi connectivity index (χ4n) is 1.78. The van der Waals surface area contributed by atoms with E-state index in [1.165, 1.54) is 0 Å². The van der Waals surface area contributed by atoms with Crippen LogP contribution in [-0.4, -0.2) is 26.2 Å². The predicted octanol–water partition coefficient (Wildman–Crippen LogP) is 3.26. The van der Waals surface area contributed by atoms with Crippen LogP contribution < -0.4 is 4.48 Å². The third-order valence-corrected chi connectivity index (χ3v) is 2.78. The average Bonchev–Trinajstić information content (AvgIpc) is 2.28. The number of phenols is 1. The van der Waals surface area contributed by atoms with Crippen LogP contribution in [0.3, 0.4) is 0 Å². The molecular formula is C15H18NO+. The van der Waals surface area contributed by atoms with Crippen molar-refractivity contribution >= 4 is 5.69 Å². The highest BCUT2D eigenvalue weighted by Crippen LogP contribution is 2.30. The van der Waals surface area contributed by atoms with Crippen molar-refractivity contribution in [2.45, 2.75) is 0 Å². The minimum Gasteiger partial charge on any atom is -0.508 e. The van der Waals surface area contributed by atoms with Crippen molar-refractivity contribution in [3.63, 3.8) is 0 Å². The first kappa shape index (κ1) is 11.7. The molecule has 0 radical (unpaired) electrons. The molecule has 0 unspecified atom stereocenters. The lowest BCUT2D eigenvalue weighted by Gasteiger charge is -2.24. The van der Waals surface area contributed by atoms with Crippen molar-refractivity contribution in [2.24, 2.45) is 0 Å². The summed E-state index contributed by atoms with van der Waals surface area (Å²) in [5.41, 5.74) is 3.26. The van der Waals surface area contributed by atoms with Gasteiger partial charge in [0.2, 0.25) is 0 Å². The van der Waals surface area contributed by atoms with Crippen LogP contribution in [0.4, 0.5) is 5.69 Å². The van der Waals surface area contributed by atoms with Gasteiger partial charge in [-0.2, -0.15) is 0 Å². The number of nitrogens with zero attached hydrogens (tertiary/aromatic N) is 1. The number of hydrogen-bond donors (Lipinski definition) is 1. The van der Waals surface area contributed by atoms with E-state index in [-0.39, 0.29) is 0 Å². The molecule has 2 rings (SSSR count). The van der Waals surface area contributed by atoms with Crippen LogP contribution in [0.25, 0.3) is 11.1 Å². The Morgan fingerprint density at radius 3 is 2.06 bits per heavy atom. The lowest BCUT2D eigenvalue weighted by atomic mass is 10.0. The minimum absolute atomic E-state index is 0.314. The summed E-state index contributed by atoms with van der Waals surface area (Å²) in [4.78, 5) is 0. The van der Waals surface area contributed by atoms with Crippen LogP contribution >= 0.6 is 0 Å². The molecule has 2 nitrogen and oxygen atoms in total. The zero-order chi connectivity index (χ0) is 12.5. The first-order chi connectivity index (χ1) is 7.97. The first-order valence-electron chi connectivity index (χ1n) is 5.68. The molecule has 0 bridgehead atoms. The van der Waals surface area contributed by atoms with Gasteiger partial charge in [-0.25, -0.2) is 0 Å². The second kappa shape index (κ2) is 4.22. The van der Waals surface area contributed by atoms with E-state index in [0.29, 0.717) is 10.2 Å². The van der Waals surface area contributed by atoms with Gasteiger partial charge in [-0.3, -0.25) is 4.48 Å². The molecule has 1 N–H and O–H groups in total. The first-order valence-corrected chi connectivity index (χ1v) is 5.68. The Hall–Kier alpha value is -1.80. The highest BCUT2D eigenvalue weighted by Gasteiger charge is 2.14. The minimum atomic E-state index is 0.314. The zero-order valence-corrected chi connectivity index (χ0v) is 10.5. The third-order valence-electron chi connectivity index (χ3n) is 2.78. The molecule has 0 aliphatic rings. The van der Waals surface area contributed by atoms with Crippen molar-refractivity contribution in [3.05, 3.63) is 48.5 Å². The van der Waals surface area contributed by atoms with E-state index in [0.717, 1.165) is 16.8 Å². The molecule has 2 aromatic carbocycles. The summed E-state index contributed by atoms with van der Waals surface area (Å²) in [5.74, 6) is 0.314. The Morgan fingerprint density at radius 2 is 1.47 bits per heavy atom. The van der Waals surface area contributed by atoms with Crippen LogP contribution in [0.1, 0.15) is 0 Å². The van der Waals surface area contributed by atoms with E-state index in [2.05, 4.69) is 27.2 Å². The number of rotatable bonds is 2. The van der Waals surface area contributed by atoms with E-state index in [4.69, 9.17) is 0 Å². The Balaban J connectivity index is 2.54. The second-order valence-corrected chi connectivity index (χ2v) is 5.12. The molecule has 0 saturated heterocycles. The highest BCUT2D eigenvalue weighted by atomic mass is 16.3. The van der Waals surface area contributed by atoms with Crippen molar-refractivity contribution in [3.8, 4) is 16.9 Å². The summed E-state index contributed by atoms with van der Waals surface area (Å²) in [7, 11) is 6.26. The molecular weight excluding hydrogens is 210 g/mol. The SMILES string of the molecule is C[N+](C)(C)c1cc(O)cc(-c2ccccc2)c1. The Labute approximate surface area is 102 Å². The summed E-state index contributed by atoms with van der Waals surface area (Å²) in [6.45, 7) is 0. The van der Waals surface area contributed by atoms with E-state index >= 15 is 0 Å².